The van der Waals surface area contributed by atoms with Gasteiger partial charge in [-0.25, -0.2) is 13.2 Å². The van der Waals surface area contributed by atoms with Gasteiger partial charge in [-0.05, 0) is 43.7 Å². The van der Waals surface area contributed by atoms with E-state index >= 15 is 0 Å². The Morgan fingerprint density at radius 2 is 1.92 bits per heavy atom. The van der Waals surface area contributed by atoms with Gasteiger partial charge in [0, 0.05) is 42.0 Å². The van der Waals surface area contributed by atoms with Crippen LogP contribution in [-0.2, 0) is 15.2 Å². The number of alkyl halides is 2. The molecule has 39 heavy (non-hydrogen) atoms. The summed E-state index contributed by atoms with van der Waals surface area (Å²) in [5.74, 6) is -3.20. The standard InChI is InChI=1S/C27H25Cl2F3N4O3/c28-15-9-18(22(24(31)32)33-11-15)25(37)35-17-7-5-14(6-8-17)13-36-21-4-2-1-3-19(21)27(39,26(36)38)23-20(30)10-16(29)12-34-23/h1-4,10-12,14,17-18,24,39H,5-9,13H2,(H,35,37). The molecule has 2 atom stereocenters. The number of hydrogen-bond donors (Lipinski definition) is 2. The number of aromatic nitrogens is 1. The van der Waals surface area contributed by atoms with Gasteiger partial charge >= 0.3 is 0 Å². The minimum Gasteiger partial charge on any atom is -0.370 e. The van der Waals surface area contributed by atoms with Gasteiger partial charge in [-0.2, -0.15) is 0 Å². The molecule has 0 saturated heterocycles. The van der Waals surface area contributed by atoms with Crippen molar-refractivity contribution in [1.29, 1.82) is 0 Å². The fourth-order valence-corrected chi connectivity index (χ4v) is 5.95. The zero-order valence-electron chi connectivity index (χ0n) is 20.6. The van der Waals surface area contributed by atoms with Crippen LogP contribution in [0, 0.1) is 17.7 Å². The van der Waals surface area contributed by atoms with Gasteiger partial charge in [0.2, 0.25) is 11.5 Å². The zero-order valence-corrected chi connectivity index (χ0v) is 22.1. The number of anilines is 1. The van der Waals surface area contributed by atoms with Crippen LogP contribution in [0.15, 0.2) is 52.8 Å². The number of amides is 2. The summed E-state index contributed by atoms with van der Waals surface area (Å²) in [5, 5.41) is 14.7. The largest absolute Gasteiger partial charge is 0.370 e. The molecule has 2 aromatic rings. The van der Waals surface area contributed by atoms with Crippen molar-refractivity contribution in [3.05, 3.63) is 69.9 Å². The molecule has 3 heterocycles. The quantitative estimate of drug-likeness (QED) is 0.506. The Balaban J connectivity index is 1.26. The number of allylic oxidation sites excluding steroid dienone is 1. The fourth-order valence-electron chi connectivity index (χ4n) is 5.60. The Hall–Kier alpha value is -2.95. The van der Waals surface area contributed by atoms with Gasteiger partial charge in [0.05, 0.1) is 22.3 Å². The fraction of sp³-hybridized carbons (Fsp3) is 0.407. The maximum Gasteiger partial charge on any atom is 0.277 e. The number of pyridine rings is 1. The van der Waals surface area contributed by atoms with E-state index in [1.54, 1.807) is 24.3 Å². The first-order valence-corrected chi connectivity index (χ1v) is 13.3. The van der Waals surface area contributed by atoms with E-state index in [2.05, 4.69) is 15.3 Å². The molecule has 7 nitrogen and oxygen atoms in total. The van der Waals surface area contributed by atoms with Crippen LogP contribution >= 0.6 is 23.2 Å². The van der Waals surface area contributed by atoms with Gasteiger partial charge in [-0.3, -0.25) is 19.6 Å². The van der Waals surface area contributed by atoms with E-state index in [1.807, 2.05) is 0 Å². The molecule has 2 N–H and O–H groups in total. The Kier molecular flexibility index (Phi) is 7.72. The van der Waals surface area contributed by atoms with E-state index < -0.39 is 47.0 Å². The molecule has 1 aromatic heterocycles. The summed E-state index contributed by atoms with van der Waals surface area (Å²) in [4.78, 5) is 35.4. The molecule has 0 spiro atoms. The molecule has 206 valence electrons. The number of aliphatic imine (C=N–C) groups is 1. The molecule has 0 radical (unpaired) electrons. The van der Waals surface area contributed by atoms with E-state index in [4.69, 9.17) is 23.2 Å². The van der Waals surface area contributed by atoms with E-state index in [0.717, 1.165) is 12.3 Å². The van der Waals surface area contributed by atoms with Crippen LogP contribution in [0.4, 0.5) is 18.9 Å². The maximum atomic E-state index is 14.8. The van der Waals surface area contributed by atoms with Crippen LogP contribution in [0.1, 0.15) is 43.4 Å². The number of hydrogen-bond acceptors (Lipinski definition) is 5. The average molecular weight is 581 g/mol. The number of fused-ring (bicyclic) bond motifs is 1. The van der Waals surface area contributed by atoms with Gasteiger partial charge in [0.25, 0.3) is 12.3 Å². The third kappa shape index (κ3) is 5.17. The normalized spacial score (nSPS) is 26.8. The van der Waals surface area contributed by atoms with E-state index in [0.29, 0.717) is 31.4 Å². The lowest BCUT2D eigenvalue weighted by Crippen LogP contribution is -2.46. The predicted molar refractivity (Wildman–Crippen MR) is 140 cm³/mol. The second-order valence-electron chi connectivity index (χ2n) is 10.0. The van der Waals surface area contributed by atoms with Crippen molar-refractivity contribution in [3.63, 3.8) is 0 Å². The molecular weight excluding hydrogens is 556 g/mol. The number of nitrogens with zero attached hydrogens (tertiary/aromatic N) is 3. The van der Waals surface area contributed by atoms with Crippen molar-refractivity contribution in [3.8, 4) is 0 Å². The molecular formula is C27H25Cl2F3N4O3. The van der Waals surface area contributed by atoms with Crippen LogP contribution < -0.4 is 10.2 Å². The lowest BCUT2D eigenvalue weighted by molar-refractivity contribution is -0.132. The lowest BCUT2D eigenvalue weighted by atomic mass is 9.85. The van der Waals surface area contributed by atoms with E-state index in [-0.39, 0.29) is 40.5 Å². The molecule has 1 fully saturated rings. The average Bonchev–Trinajstić information content (AvgIpc) is 3.12. The molecule has 1 aromatic carbocycles. The summed E-state index contributed by atoms with van der Waals surface area (Å²) in [6.07, 6.45) is 1.90. The first-order chi connectivity index (χ1) is 18.6. The van der Waals surface area contributed by atoms with Gasteiger partial charge in [0.1, 0.15) is 11.5 Å². The lowest BCUT2D eigenvalue weighted by Gasteiger charge is -2.33. The SMILES string of the molecule is O=C(NC1CCC(CN2C(=O)C(O)(c3ncc(Cl)cc3F)c3ccccc32)CC1)C1CC(Cl)=CN=C1C(F)F. The molecule has 0 bridgehead atoms. The topological polar surface area (TPSA) is 94.9 Å². The molecule has 2 amide bonds. The molecule has 3 aliphatic rings. The summed E-state index contributed by atoms with van der Waals surface area (Å²) >= 11 is 11.8. The van der Waals surface area contributed by atoms with Crippen LogP contribution in [-0.4, -0.2) is 46.6 Å². The van der Waals surface area contributed by atoms with E-state index in [1.165, 1.54) is 11.1 Å². The van der Waals surface area contributed by atoms with Crippen LogP contribution in [0.3, 0.4) is 0 Å². The van der Waals surface area contributed by atoms with Gasteiger partial charge < -0.3 is 15.3 Å². The monoisotopic (exact) mass is 580 g/mol. The summed E-state index contributed by atoms with van der Waals surface area (Å²) < 4.78 is 41.5. The number of halogens is 5. The Labute approximate surface area is 232 Å². The second-order valence-corrected chi connectivity index (χ2v) is 11.0. The molecule has 5 rings (SSSR count). The van der Waals surface area contributed by atoms with Gasteiger partial charge in [-0.1, -0.05) is 41.4 Å². The Morgan fingerprint density at radius 1 is 1.21 bits per heavy atom. The van der Waals surface area contributed by atoms with Crippen molar-refractivity contribution < 1.29 is 27.9 Å². The van der Waals surface area contributed by atoms with Crippen LogP contribution in [0.5, 0.6) is 0 Å². The zero-order chi connectivity index (χ0) is 27.9. The Morgan fingerprint density at radius 3 is 2.62 bits per heavy atom. The number of nitrogens with one attached hydrogen (secondary N) is 1. The van der Waals surface area contributed by atoms with Crippen molar-refractivity contribution in [2.75, 3.05) is 11.4 Å². The highest BCUT2D eigenvalue weighted by Gasteiger charge is 2.53. The van der Waals surface area contributed by atoms with E-state index in [9.17, 15) is 27.9 Å². The number of carbonyl (C=O) groups excluding carboxylic acids is 2. The molecule has 2 unspecified atom stereocenters. The molecule has 1 aliphatic carbocycles. The number of carbonyl (C=O) groups is 2. The third-order valence-electron chi connectivity index (χ3n) is 7.57. The van der Waals surface area contributed by atoms with Crippen LogP contribution in [0.2, 0.25) is 5.02 Å². The highest BCUT2D eigenvalue weighted by atomic mass is 35.5. The van der Waals surface area contributed by atoms with Crippen molar-refractivity contribution in [1.82, 2.24) is 10.3 Å². The van der Waals surface area contributed by atoms with Crippen molar-refractivity contribution in [2.45, 2.75) is 50.2 Å². The first-order valence-electron chi connectivity index (χ1n) is 12.6. The summed E-state index contributed by atoms with van der Waals surface area (Å²) in [6.45, 7) is 0.277. The third-order valence-corrected chi connectivity index (χ3v) is 8.03. The maximum absolute atomic E-state index is 14.8. The summed E-state index contributed by atoms with van der Waals surface area (Å²) in [7, 11) is 0. The van der Waals surface area contributed by atoms with Crippen molar-refractivity contribution in [2.24, 2.45) is 16.8 Å². The minimum atomic E-state index is -2.85. The van der Waals surface area contributed by atoms with Crippen molar-refractivity contribution >= 4 is 46.4 Å². The minimum absolute atomic E-state index is 0.0195. The number of rotatable bonds is 6. The smallest absolute Gasteiger partial charge is 0.277 e. The highest BCUT2D eigenvalue weighted by Crippen LogP contribution is 2.45. The Bertz CT molecular complexity index is 1360. The predicted octanol–water partition coefficient (Wildman–Crippen LogP) is 4.94. The summed E-state index contributed by atoms with van der Waals surface area (Å²) in [5.41, 5.74) is -2.49. The second kappa shape index (κ2) is 10.9. The number of aliphatic hydroxyl groups is 1. The van der Waals surface area contributed by atoms with Gasteiger partial charge in [-0.15, -0.1) is 0 Å². The summed E-state index contributed by atoms with van der Waals surface area (Å²) in [6, 6.07) is 7.43. The van der Waals surface area contributed by atoms with Crippen LogP contribution in [0.25, 0.3) is 0 Å². The molecule has 2 aliphatic heterocycles. The molecule has 1 saturated carbocycles. The number of para-hydroxylation sites is 1. The number of benzene rings is 1. The highest BCUT2D eigenvalue weighted by molar-refractivity contribution is 6.30. The van der Waals surface area contributed by atoms with Gasteiger partial charge in [0.15, 0.2) is 0 Å². The molecule has 12 heteroatoms. The first kappa shape index (κ1) is 27.6.